The van der Waals surface area contributed by atoms with Crippen LogP contribution in [-0.2, 0) is 6.54 Å². The van der Waals surface area contributed by atoms with E-state index in [2.05, 4.69) is 30.1 Å². The third kappa shape index (κ3) is 6.05. The normalized spacial score (nSPS) is 11.4. The molecule has 0 unspecified atom stereocenters. The number of aryl methyl sites for hydroxylation is 1. The Morgan fingerprint density at radius 3 is 2.56 bits per heavy atom. The van der Waals surface area contributed by atoms with Gasteiger partial charge >= 0.3 is 0 Å². The van der Waals surface area contributed by atoms with Gasteiger partial charge < -0.3 is 9.67 Å². The molecule has 0 aliphatic carbocycles. The Morgan fingerprint density at radius 1 is 1.30 bits per heavy atom. The van der Waals surface area contributed by atoms with Crippen LogP contribution >= 0.6 is 23.8 Å². The summed E-state index contributed by atoms with van der Waals surface area (Å²) in [4.78, 5) is 4.60. The molecule has 1 N–H and O–H groups in total. The molecule has 0 fully saturated rings. The molecule has 3 nitrogen and oxygen atoms in total. The molecule has 0 spiro atoms. The van der Waals surface area contributed by atoms with E-state index in [9.17, 15) is 5.11 Å². The first kappa shape index (κ1) is 23.1. The van der Waals surface area contributed by atoms with Gasteiger partial charge in [-0.1, -0.05) is 80.5 Å². The molecule has 1 heterocycles. The maximum atomic E-state index is 10.2. The number of halogens is 1. The molecule has 2 rings (SSSR count). The average Bonchev–Trinajstić information content (AvgIpc) is 2.69. The van der Waals surface area contributed by atoms with Crippen molar-refractivity contribution in [2.24, 2.45) is 0 Å². The van der Waals surface area contributed by atoms with Gasteiger partial charge in [0.15, 0.2) is 0 Å². The van der Waals surface area contributed by atoms with Crippen molar-refractivity contribution in [2.75, 3.05) is 0 Å². The molecule has 2 aromatic rings. The van der Waals surface area contributed by atoms with E-state index >= 15 is 0 Å². The number of hydrogen-bond donors (Lipinski definition) is 1. The molecule has 0 saturated carbocycles. The zero-order valence-corrected chi connectivity index (χ0v) is 18.4. The van der Waals surface area contributed by atoms with Crippen molar-refractivity contribution in [2.45, 2.75) is 54.0 Å². The average molecular weight is 405 g/mol. The molecule has 0 bridgehead atoms. The van der Waals surface area contributed by atoms with E-state index in [1.807, 2.05) is 44.4 Å². The lowest BCUT2D eigenvalue weighted by atomic mass is 10.1. The van der Waals surface area contributed by atoms with Gasteiger partial charge in [0.05, 0.1) is 16.3 Å². The summed E-state index contributed by atoms with van der Waals surface area (Å²) in [5.74, 6) is 0.817. The number of nitrogens with zero attached hydrogens (tertiary/aromatic N) is 2. The van der Waals surface area contributed by atoms with E-state index in [-0.39, 0.29) is 5.75 Å². The van der Waals surface area contributed by atoms with Crippen LogP contribution in [0.1, 0.15) is 46.2 Å². The van der Waals surface area contributed by atoms with Gasteiger partial charge in [0, 0.05) is 6.54 Å². The predicted octanol–water partition coefficient (Wildman–Crippen LogP) is 7.28. The smallest absolute Gasteiger partial charge is 0.145 e. The highest BCUT2D eigenvalue weighted by molar-refractivity contribution is 7.71. The standard InChI is InChI=1S/C20H23ClN2OS.C2H6/c1-4-6-9-15(5-2)12-13-23-19(16-10-7-8-11-17(16)24)22-14(3)18(21)20(23)25;1-2/h5-11,24H,4,12-13H2,1-3H3;1-2H3/b9-6-,15-5+;. The van der Waals surface area contributed by atoms with E-state index in [0.29, 0.717) is 33.3 Å². The summed E-state index contributed by atoms with van der Waals surface area (Å²) in [6.07, 6.45) is 8.17. The fraction of sp³-hybridized carbons (Fsp3) is 0.364. The van der Waals surface area contributed by atoms with Crippen LogP contribution in [0.2, 0.25) is 5.02 Å². The van der Waals surface area contributed by atoms with Gasteiger partial charge in [0.1, 0.15) is 16.2 Å². The van der Waals surface area contributed by atoms with Crippen LogP contribution in [0.4, 0.5) is 0 Å². The number of para-hydroxylation sites is 1. The Hall–Kier alpha value is -1.91. The van der Waals surface area contributed by atoms with Crippen LogP contribution in [0.3, 0.4) is 0 Å². The molecule has 0 radical (unpaired) electrons. The van der Waals surface area contributed by atoms with Crippen molar-refractivity contribution < 1.29 is 5.11 Å². The minimum Gasteiger partial charge on any atom is -0.507 e. The van der Waals surface area contributed by atoms with Crippen molar-refractivity contribution in [3.05, 3.63) is 63.4 Å². The van der Waals surface area contributed by atoms with Crippen LogP contribution in [-0.4, -0.2) is 14.7 Å². The minimum absolute atomic E-state index is 0.178. The molecule has 0 amide bonds. The van der Waals surface area contributed by atoms with Gasteiger partial charge in [-0.05, 0) is 38.8 Å². The Labute approximate surface area is 173 Å². The summed E-state index contributed by atoms with van der Waals surface area (Å²) in [6, 6.07) is 7.14. The van der Waals surface area contributed by atoms with Crippen LogP contribution < -0.4 is 0 Å². The number of aromatic nitrogens is 2. The molecule has 5 heteroatoms. The molecule has 0 aliphatic heterocycles. The number of allylic oxidation sites excluding steroid dienone is 4. The Morgan fingerprint density at radius 2 is 1.96 bits per heavy atom. The third-order valence-corrected chi connectivity index (χ3v) is 4.98. The molecule has 0 atom stereocenters. The SMILES string of the molecule is C/C=C(\C=C/CC)CCn1c(-c2ccccc2O)nc(C)c(Cl)c1=S.CC. The zero-order chi connectivity index (χ0) is 20.4. The second kappa shape index (κ2) is 11.7. The highest BCUT2D eigenvalue weighted by Crippen LogP contribution is 2.30. The predicted molar refractivity (Wildman–Crippen MR) is 119 cm³/mol. The first-order chi connectivity index (χ1) is 13.0. The minimum atomic E-state index is 0.178. The molecule has 1 aromatic heterocycles. The lowest BCUT2D eigenvalue weighted by Gasteiger charge is -2.16. The molecule has 146 valence electrons. The van der Waals surface area contributed by atoms with E-state index in [1.165, 1.54) is 5.57 Å². The van der Waals surface area contributed by atoms with Gasteiger partial charge in [-0.25, -0.2) is 4.98 Å². The lowest BCUT2D eigenvalue weighted by molar-refractivity contribution is 0.476. The van der Waals surface area contributed by atoms with Gasteiger partial charge in [0.25, 0.3) is 0 Å². The van der Waals surface area contributed by atoms with Crippen molar-refractivity contribution >= 4 is 23.8 Å². The maximum absolute atomic E-state index is 10.2. The van der Waals surface area contributed by atoms with Gasteiger partial charge in [-0.15, -0.1) is 0 Å². The Bertz CT molecular complexity index is 869. The number of aromatic hydroxyl groups is 1. The molecular weight excluding hydrogens is 376 g/mol. The number of phenols is 1. The molecule has 0 saturated heterocycles. The van der Waals surface area contributed by atoms with Gasteiger partial charge in [0.2, 0.25) is 0 Å². The molecule has 0 aliphatic rings. The quantitative estimate of drug-likeness (QED) is 0.406. The van der Waals surface area contributed by atoms with E-state index < -0.39 is 0 Å². The second-order valence-electron chi connectivity index (χ2n) is 5.73. The Balaban J connectivity index is 0.00000176. The van der Waals surface area contributed by atoms with Crippen molar-refractivity contribution in [3.63, 3.8) is 0 Å². The van der Waals surface area contributed by atoms with E-state index in [1.54, 1.807) is 12.1 Å². The van der Waals surface area contributed by atoms with Crippen LogP contribution in [0.5, 0.6) is 5.75 Å². The monoisotopic (exact) mass is 404 g/mol. The van der Waals surface area contributed by atoms with Crippen molar-refractivity contribution in [1.82, 2.24) is 9.55 Å². The number of benzene rings is 1. The number of hydrogen-bond acceptors (Lipinski definition) is 3. The second-order valence-corrected chi connectivity index (χ2v) is 6.50. The van der Waals surface area contributed by atoms with Crippen molar-refractivity contribution in [3.8, 4) is 17.1 Å². The summed E-state index contributed by atoms with van der Waals surface area (Å²) in [5.41, 5.74) is 2.54. The zero-order valence-electron chi connectivity index (χ0n) is 16.8. The molecule has 1 aromatic carbocycles. The first-order valence-corrected chi connectivity index (χ1v) is 10.1. The summed E-state index contributed by atoms with van der Waals surface area (Å²) < 4.78 is 2.45. The van der Waals surface area contributed by atoms with Gasteiger partial charge in [-0.2, -0.15) is 0 Å². The van der Waals surface area contributed by atoms with E-state index in [4.69, 9.17) is 23.8 Å². The van der Waals surface area contributed by atoms with Crippen LogP contribution in [0, 0.1) is 11.6 Å². The topological polar surface area (TPSA) is 38.0 Å². The number of phenolic OH excluding ortho intramolecular Hbond substituents is 1. The van der Waals surface area contributed by atoms with Gasteiger partial charge in [-0.3, -0.25) is 0 Å². The highest BCUT2D eigenvalue weighted by Gasteiger charge is 2.14. The summed E-state index contributed by atoms with van der Waals surface area (Å²) in [6.45, 7) is 10.6. The summed E-state index contributed by atoms with van der Waals surface area (Å²) >= 11 is 11.9. The maximum Gasteiger partial charge on any atom is 0.145 e. The van der Waals surface area contributed by atoms with Crippen LogP contribution in [0.15, 0.2) is 48.1 Å². The lowest BCUT2D eigenvalue weighted by Crippen LogP contribution is -2.09. The molecular formula is C22H29ClN2OS. The fourth-order valence-corrected chi connectivity index (χ4v) is 3.02. The van der Waals surface area contributed by atoms with Crippen LogP contribution in [0.25, 0.3) is 11.4 Å². The highest BCUT2D eigenvalue weighted by atomic mass is 35.5. The third-order valence-electron chi connectivity index (χ3n) is 3.99. The summed E-state index contributed by atoms with van der Waals surface area (Å²) in [5, 5.41) is 10.7. The Kier molecular flexibility index (Phi) is 10.0. The molecule has 27 heavy (non-hydrogen) atoms. The summed E-state index contributed by atoms with van der Waals surface area (Å²) in [7, 11) is 0. The van der Waals surface area contributed by atoms with Crippen molar-refractivity contribution in [1.29, 1.82) is 0 Å². The van der Waals surface area contributed by atoms with E-state index in [0.717, 1.165) is 12.8 Å². The first-order valence-electron chi connectivity index (χ1n) is 9.36. The largest absolute Gasteiger partial charge is 0.507 e. The fourth-order valence-electron chi connectivity index (χ4n) is 2.55. The number of rotatable bonds is 6.